The molecule has 3 heterocycles. The summed E-state index contributed by atoms with van der Waals surface area (Å²) >= 11 is 0. The molecule has 0 saturated heterocycles. The van der Waals surface area contributed by atoms with Gasteiger partial charge < -0.3 is 8.98 Å². The molecule has 11 rings (SSSR count). The lowest BCUT2D eigenvalue weighted by atomic mass is 10.0. The van der Waals surface area contributed by atoms with Gasteiger partial charge in [-0.2, -0.15) is 0 Å². The summed E-state index contributed by atoms with van der Waals surface area (Å²) in [6.45, 7) is 0. The number of hydrogen-bond donors (Lipinski definition) is 0. The molecule has 5 heteroatoms. The molecule has 0 fully saturated rings. The van der Waals surface area contributed by atoms with Crippen molar-refractivity contribution in [3.8, 4) is 62.1 Å². The second-order valence-corrected chi connectivity index (χ2v) is 14.0. The van der Waals surface area contributed by atoms with E-state index in [0.29, 0.717) is 17.5 Å². The van der Waals surface area contributed by atoms with Crippen molar-refractivity contribution in [3.63, 3.8) is 0 Å². The Kier molecular flexibility index (Phi) is 7.42. The summed E-state index contributed by atoms with van der Waals surface area (Å²) in [6, 6.07) is 67.4. The van der Waals surface area contributed by atoms with Gasteiger partial charge in [-0.1, -0.05) is 152 Å². The predicted molar refractivity (Wildman–Crippen MR) is 229 cm³/mol. The van der Waals surface area contributed by atoms with E-state index in [2.05, 4.69) is 162 Å². The summed E-state index contributed by atoms with van der Waals surface area (Å²) in [7, 11) is 0. The molecule has 0 atom stereocenters. The molecule has 0 aliphatic rings. The van der Waals surface area contributed by atoms with Gasteiger partial charge in [-0.3, -0.25) is 0 Å². The second kappa shape index (κ2) is 13.0. The average Bonchev–Trinajstić information content (AvgIpc) is 3.83. The van der Waals surface area contributed by atoms with E-state index >= 15 is 0 Å². The van der Waals surface area contributed by atoms with Gasteiger partial charge in [0.25, 0.3) is 0 Å². The molecule has 0 N–H and O–H groups in total. The summed E-state index contributed by atoms with van der Waals surface area (Å²) in [5.74, 6) is 1.81. The molecule has 5 nitrogen and oxygen atoms in total. The largest absolute Gasteiger partial charge is 0.456 e. The number of fused-ring (bicyclic) bond motifs is 7. The number of benzene rings is 8. The first-order valence-electron chi connectivity index (χ1n) is 18.8. The molecule has 11 aromatic rings. The molecule has 0 spiro atoms. The third-order valence-corrected chi connectivity index (χ3v) is 10.7. The van der Waals surface area contributed by atoms with E-state index in [-0.39, 0.29) is 0 Å². The fourth-order valence-electron chi connectivity index (χ4n) is 7.97. The van der Waals surface area contributed by atoms with E-state index in [1.807, 2.05) is 36.4 Å². The Morgan fingerprint density at radius 1 is 0.339 bits per heavy atom. The first kappa shape index (κ1) is 31.9. The second-order valence-electron chi connectivity index (χ2n) is 14.0. The molecule has 0 unspecified atom stereocenters. The van der Waals surface area contributed by atoms with Crippen molar-refractivity contribution in [2.45, 2.75) is 0 Å². The minimum absolute atomic E-state index is 0.584. The van der Waals surface area contributed by atoms with Crippen LogP contribution < -0.4 is 0 Å². The summed E-state index contributed by atoms with van der Waals surface area (Å²) in [4.78, 5) is 15.1. The predicted octanol–water partition coefficient (Wildman–Crippen LogP) is 13.2. The van der Waals surface area contributed by atoms with Crippen molar-refractivity contribution < 1.29 is 4.42 Å². The molecule has 3 aromatic heterocycles. The zero-order valence-corrected chi connectivity index (χ0v) is 30.2. The first-order chi connectivity index (χ1) is 27.7. The van der Waals surface area contributed by atoms with Crippen LogP contribution in [0.5, 0.6) is 0 Å². The number of nitrogens with zero attached hydrogens (tertiary/aromatic N) is 4. The summed E-state index contributed by atoms with van der Waals surface area (Å²) in [5, 5.41) is 4.48. The van der Waals surface area contributed by atoms with Gasteiger partial charge in [-0.15, -0.1) is 0 Å². The normalized spacial score (nSPS) is 11.6. The van der Waals surface area contributed by atoms with Crippen molar-refractivity contribution in [1.29, 1.82) is 0 Å². The minimum Gasteiger partial charge on any atom is -0.456 e. The lowest BCUT2D eigenvalue weighted by molar-refractivity contribution is 0.669. The standard InChI is InChI=1S/C51H32N4O/c1-4-13-33(14-5-1)35-23-25-37(26-24-35)50-52-49(36-17-8-3-9-18-36)53-51(54-50)39-27-28-43-46(32-39)56-45-30-29-42-41-21-10-11-22-44(41)55(48(42)47(43)45)40-20-12-19-38(31-40)34-15-6-2-7-16-34/h1-32H. The maximum Gasteiger partial charge on any atom is 0.164 e. The first-order valence-corrected chi connectivity index (χ1v) is 18.8. The fraction of sp³-hybridized carbons (Fsp3) is 0. The Labute approximate surface area is 322 Å². The zero-order valence-electron chi connectivity index (χ0n) is 30.2. The third-order valence-electron chi connectivity index (χ3n) is 10.7. The maximum atomic E-state index is 6.70. The molecule has 0 aliphatic carbocycles. The van der Waals surface area contributed by atoms with Gasteiger partial charge >= 0.3 is 0 Å². The smallest absolute Gasteiger partial charge is 0.164 e. The van der Waals surface area contributed by atoms with Gasteiger partial charge in [0.1, 0.15) is 11.2 Å². The van der Waals surface area contributed by atoms with Gasteiger partial charge in [0, 0.05) is 38.5 Å². The molecular formula is C51H32N4O. The molecule has 8 aromatic carbocycles. The Balaban J connectivity index is 1.08. The van der Waals surface area contributed by atoms with Crippen LogP contribution in [0, 0.1) is 0 Å². The minimum atomic E-state index is 0.584. The molecule has 0 bridgehead atoms. The van der Waals surface area contributed by atoms with E-state index < -0.39 is 0 Å². The SMILES string of the molecule is c1ccc(-c2ccc(-c3nc(-c4ccccc4)nc(-c4ccc5c(c4)oc4ccc6c7ccccc7n(-c7cccc(-c8ccccc8)c7)c6c45)n3)cc2)cc1. The van der Waals surface area contributed by atoms with Gasteiger partial charge in [0.2, 0.25) is 0 Å². The number of furan rings is 1. The highest BCUT2D eigenvalue weighted by Crippen LogP contribution is 2.42. The molecule has 262 valence electrons. The highest BCUT2D eigenvalue weighted by Gasteiger charge is 2.20. The highest BCUT2D eigenvalue weighted by molar-refractivity contribution is 6.24. The Morgan fingerprint density at radius 2 is 0.857 bits per heavy atom. The molecule has 0 radical (unpaired) electrons. The number of hydrogen-bond acceptors (Lipinski definition) is 4. The van der Waals surface area contributed by atoms with E-state index in [1.54, 1.807) is 0 Å². The van der Waals surface area contributed by atoms with E-state index in [1.165, 1.54) is 21.9 Å². The van der Waals surface area contributed by atoms with Crippen molar-refractivity contribution >= 4 is 43.7 Å². The quantitative estimate of drug-likeness (QED) is 0.172. The molecule has 56 heavy (non-hydrogen) atoms. The average molecular weight is 717 g/mol. The zero-order chi connectivity index (χ0) is 37.0. The van der Waals surface area contributed by atoms with Crippen LogP contribution in [-0.4, -0.2) is 19.5 Å². The van der Waals surface area contributed by atoms with Crippen LogP contribution in [0.3, 0.4) is 0 Å². The Bertz CT molecular complexity index is 3220. The van der Waals surface area contributed by atoms with Crippen molar-refractivity contribution in [3.05, 3.63) is 194 Å². The fourth-order valence-corrected chi connectivity index (χ4v) is 7.97. The molecule has 0 amide bonds. The van der Waals surface area contributed by atoms with Crippen LogP contribution in [0.4, 0.5) is 0 Å². The van der Waals surface area contributed by atoms with Gasteiger partial charge in [-0.05, 0) is 64.7 Å². The molecular weight excluding hydrogens is 685 g/mol. The van der Waals surface area contributed by atoms with E-state index in [9.17, 15) is 0 Å². The summed E-state index contributed by atoms with van der Waals surface area (Å²) in [5.41, 5.74) is 12.3. The number of aromatic nitrogens is 4. The molecule has 0 saturated carbocycles. The number of para-hydroxylation sites is 1. The van der Waals surface area contributed by atoms with E-state index in [4.69, 9.17) is 19.4 Å². The highest BCUT2D eigenvalue weighted by atomic mass is 16.3. The lowest BCUT2D eigenvalue weighted by Crippen LogP contribution is -2.00. The van der Waals surface area contributed by atoms with Crippen molar-refractivity contribution in [2.75, 3.05) is 0 Å². The van der Waals surface area contributed by atoms with Crippen LogP contribution in [0.25, 0.3) is 106 Å². The van der Waals surface area contributed by atoms with Crippen LogP contribution in [0.1, 0.15) is 0 Å². The van der Waals surface area contributed by atoms with Gasteiger partial charge in [0.05, 0.1) is 16.4 Å². The lowest BCUT2D eigenvalue weighted by Gasteiger charge is -2.11. The van der Waals surface area contributed by atoms with Gasteiger partial charge in [0.15, 0.2) is 17.5 Å². The Hall–Kier alpha value is -7.63. The van der Waals surface area contributed by atoms with Crippen molar-refractivity contribution in [2.24, 2.45) is 0 Å². The van der Waals surface area contributed by atoms with Crippen LogP contribution in [0.15, 0.2) is 199 Å². The summed E-state index contributed by atoms with van der Waals surface area (Å²) in [6.07, 6.45) is 0. The van der Waals surface area contributed by atoms with Crippen LogP contribution in [-0.2, 0) is 0 Å². The number of rotatable bonds is 6. The van der Waals surface area contributed by atoms with E-state index in [0.717, 1.165) is 66.5 Å². The topological polar surface area (TPSA) is 56.7 Å². The summed E-state index contributed by atoms with van der Waals surface area (Å²) < 4.78 is 9.09. The molecule has 0 aliphatic heterocycles. The van der Waals surface area contributed by atoms with Gasteiger partial charge in [-0.25, -0.2) is 15.0 Å². The monoisotopic (exact) mass is 716 g/mol. The third kappa shape index (κ3) is 5.37. The maximum absolute atomic E-state index is 6.70. The van der Waals surface area contributed by atoms with Crippen LogP contribution >= 0.6 is 0 Å². The Morgan fingerprint density at radius 3 is 1.57 bits per heavy atom. The van der Waals surface area contributed by atoms with Crippen molar-refractivity contribution in [1.82, 2.24) is 19.5 Å². The van der Waals surface area contributed by atoms with Crippen LogP contribution in [0.2, 0.25) is 0 Å².